The third-order valence-electron chi connectivity index (χ3n) is 9.77. The zero-order chi connectivity index (χ0) is 19.6. The van der Waals surface area contributed by atoms with Gasteiger partial charge in [-0.2, -0.15) is 0 Å². The summed E-state index contributed by atoms with van der Waals surface area (Å²) in [5.74, 6) is 1.59. The van der Waals surface area contributed by atoms with Gasteiger partial charge in [0.2, 0.25) is 0 Å². The molecular formula is C24H36O4. The second-order valence-electron chi connectivity index (χ2n) is 10.8. The summed E-state index contributed by atoms with van der Waals surface area (Å²) in [5.41, 5.74) is 0.590. The van der Waals surface area contributed by atoms with E-state index in [-0.39, 0.29) is 23.0 Å². The quantitative estimate of drug-likeness (QED) is 0.789. The second-order valence-corrected chi connectivity index (χ2v) is 10.8. The van der Waals surface area contributed by atoms with Gasteiger partial charge in [-0.25, -0.2) is 0 Å². The molecule has 4 nitrogen and oxygen atoms in total. The molecule has 0 aromatic carbocycles. The van der Waals surface area contributed by atoms with Crippen LogP contribution < -0.4 is 0 Å². The van der Waals surface area contributed by atoms with E-state index in [1.807, 2.05) is 6.07 Å². The van der Waals surface area contributed by atoms with Crippen LogP contribution in [0.15, 0.2) is 23.0 Å². The van der Waals surface area contributed by atoms with Gasteiger partial charge in [-0.05, 0) is 87.0 Å². The first-order chi connectivity index (χ1) is 13.4. The Kier molecular flexibility index (Phi) is 4.50. The van der Waals surface area contributed by atoms with E-state index >= 15 is 0 Å². The third kappa shape index (κ3) is 2.60. The largest absolute Gasteiger partial charge is 0.472 e. The normalized spacial score (nSPS) is 50.6. The number of aliphatic hydroxyl groups is 2. The van der Waals surface area contributed by atoms with Crippen molar-refractivity contribution in [2.75, 3.05) is 0 Å². The number of ether oxygens (including phenoxy) is 1. The predicted octanol–water partition coefficient (Wildman–Crippen LogP) is 4.68. The molecule has 4 fully saturated rings. The van der Waals surface area contributed by atoms with Crippen molar-refractivity contribution in [2.24, 2.45) is 28.6 Å². The SMILES string of the molecule is C[C@]12CCC(O)CC1CC[C@@H]1[C@H]2CC[C@]2(C)C(OCc3ccoc3)CC[C@@]12O. The van der Waals surface area contributed by atoms with Gasteiger partial charge in [-0.3, -0.25) is 0 Å². The highest BCUT2D eigenvalue weighted by molar-refractivity contribution is 5.17. The zero-order valence-electron chi connectivity index (χ0n) is 17.4. The summed E-state index contributed by atoms with van der Waals surface area (Å²) >= 11 is 0. The standard InChI is InChI=1S/C24H36O4/c1-22-9-5-18(25)13-17(22)3-4-20-19(22)6-10-23(2)21(7-11-24(20,23)26)28-15-16-8-12-27-14-16/h8,12,14,17-21,25-26H,3-7,9-11,13,15H2,1-2H3/t17?,18?,19-,20-,21?,22+,23-,24-/m1/s1. The van der Waals surface area contributed by atoms with E-state index in [1.54, 1.807) is 12.5 Å². The van der Waals surface area contributed by atoms with E-state index in [1.165, 1.54) is 6.42 Å². The molecule has 1 aromatic heterocycles. The number of aliphatic hydroxyl groups excluding tert-OH is 1. The summed E-state index contributed by atoms with van der Waals surface area (Å²) in [4.78, 5) is 0. The number of furan rings is 1. The van der Waals surface area contributed by atoms with Gasteiger partial charge >= 0.3 is 0 Å². The lowest BCUT2D eigenvalue weighted by atomic mass is 9.44. The molecule has 1 aromatic rings. The highest BCUT2D eigenvalue weighted by atomic mass is 16.5. The number of hydrogen-bond donors (Lipinski definition) is 2. The fourth-order valence-electron chi connectivity index (χ4n) is 7.99. The Balaban J connectivity index is 1.37. The van der Waals surface area contributed by atoms with Crippen molar-refractivity contribution in [3.8, 4) is 0 Å². The van der Waals surface area contributed by atoms with Gasteiger partial charge in [0.15, 0.2) is 0 Å². The van der Waals surface area contributed by atoms with Gasteiger partial charge in [0.25, 0.3) is 0 Å². The van der Waals surface area contributed by atoms with Crippen molar-refractivity contribution in [1.29, 1.82) is 0 Å². The van der Waals surface area contributed by atoms with Gasteiger partial charge in [0.1, 0.15) is 0 Å². The van der Waals surface area contributed by atoms with E-state index in [0.29, 0.717) is 24.4 Å². The van der Waals surface area contributed by atoms with E-state index < -0.39 is 5.60 Å². The Morgan fingerprint density at radius 1 is 1.07 bits per heavy atom. The van der Waals surface area contributed by atoms with Gasteiger partial charge < -0.3 is 19.4 Å². The lowest BCUT2D eigenvalue weighted by Gasteiger charge is -2.63. The first kappa shape index (κ1) is 19.1. The Labute approximate surface area is 168 Å². The van der Waals surface area contributed by atoms with Crippen LogP contribution in [-0.4, -0.2) is 28.0 Å². The highest BCUT2D eigenvalue weighted by Gasteiger charge is 2.67. The molecule has 28 heavy (non-hydrogen) atoms. The van der Waals surface area contributed by atoms with E-state index in [0.717, 1.165) is 56.9 Å². The van der Waals surface area contributed by atoms with Crippen LogP contribution in [0.5, 0.6) is 0 Å². The second kappa shape index (κ2) is 6.58. The van der Waals surface area contributed by atoms with Crippen molar-refractivity contribution in [1.82, 2.24) is 0 Å². The lowest BCUT2D eigenvalue weighted by Crippen LogP contribution is -2.63. The van der Waals surface area contributed by atoms with Crippen LogP contribution in [0.1, 0.15) is 77.2 Å². The molecule has 5 rings (SSSR count). The first-order valence-corrected chi connectivity index (χ1v) is 11.4. The molecule has 1 heterocycles. The monoisotopic (exact) mass is 388 g/mol. The minimum atomic E-state index is -0.610. The van der Waals surface area contributed by atoms with Gasteiger partial charge in [0.05, 0.1) is 36.9 Å². The summed E-state index contributed by atoms with van der Waals surface area (Å²) in [6.45, 7) is 5.32. The van der Waals surface area contributed by atoms with Crippen LogP contribution in [0.2, 0.25) is 0 Å². The third-order valence-corrected chi connectivity index (χ3v) is 9.77. The fourth-order valence-corrected chi connectivity index (χ4v) is 7.99. The molecule has 0 saturated heterocycles. The minimum Gasteiger partial charge on any atom is -0.472 e. The van der Waals surface area contributed by atoms with Crippen LogP contribution in [0.25, 0.3) is 0 Å². The van der Waals surface area contributed by atoms with Crippen molar-refractivity contribution in [2.45, 2.75) is 96.1 Å². The smallest absolute Gasteiger partial charge is 0.0957 e. The maximum Gasteiger partial charge on any atom is 0.0957 e. The van der Waals surface area contributed by atoms with Crippen LogP contribution >= 0.6 is 0 Å². The summed E-state index contributed by atoms with van der Waals surface area (Å²) in [7, 11) is 0. The van der Waals surface area contributed by atoms with Crippen LogP contribution in [-0.2, 0) is 11.3 Å². The van der Waals surface area contributed by atoms with Crippen molar-refractivity contribution >= 4 is 0 Å². The average Bonchev–Trinajstić information content (AvgIpc) is 3.27. The molecule has 156 valence electrons. The number of hydrogen-bond acceptors (Lipinski definition) is 4. The van der Waals surface area contributed by atoms with Crippen LogP contribution in [0, 0.1) is 28.6 Å². The Morgan fingerprint density at radius 2 is 1.93 bits per heavy atom. The Bertz CT molecular complexity index is 701. The summed E-state index contributed by atoms with van der Waals surface area (Å²) in [5, 5.41) is 22.3. The molecule has 0 amide bonds. The molecule has 4 aliphatic carbocycles. The molecule has 0 bridgehead atoms. The molecular weight excluding hydrogens is 352 g/mol. The van der Waals surface area contributed by atoms with Crippen LogP contribution in [0.4, 0.5) is 0 Å². The molecule has 4 aliphatic rings. The number of fused-ring (bicyclic) bond motifs is 5. The minimum absolute atomic E-state index is 0.112. The average molecular weight is 389 g/mol. The molecule has 3 unspecified atom stereocenters. The summed E-state index contributed by atoms with van der Waals surface area (Å²) in [6, 6.07) is 1.96. The molecule has 8 atom stereocenters. The molecule has 0 radical (unpaired) electrons. The molecule has 2 N–H and O–H groups in total. The maximum atomic E-state index is 12.1. The maximum absolute atomic E-state index is 12.1. The van der Waals surface area contributed by atoms with E-state index in [4.69, 9.17) is 9.15 Å². The Hall–Kier alpha value is -0.840. The van der Waals surface area contributed by atoms with Gasteiger partial charge in [-0.15, -0.1) is 0 Å². The van der Waals surface area contributed by atoms with Crippen LogP contribution in [0.3, 0.4) is 0 Å². The number of rotatable bonds is 3. The predicted molar refractivity (Wildman–Crippen MR) is 106 cm³/mol. The lowest BCUT2D eigenvalue weighted by molar-refractivity contribution is -0.222. The molecule has 4 saturated carbocycles. The fraction of sp³-hybridized carbons (Fsp3) is 0.833. The topological polar surface area (TPSA) is 62.8 Å². The Morgan fingerprint density at radius 3 is 2.71 bits per heavy atom. The molecule has 0 aliphatic heterocycles. The van der Waals surface area contributed by atoms with Crippen molar-refractivity contribution < 1.29 is 19.4 Å². The molecule has 4 heteroatoms. The van der Waals surface area contributed by atoms with Crippen molar-refractivity contribution in [3.63, 3.8) is 0 Å². The molecule has 0 spiro atoms. The first-order valence-electron chi connectivity index (χ1n) is 11.4. The van der Waals surface area contributed by atoms with E-state index in [9.17, 15) is 10.2 Å². The van der Waals surface area contributed by atoms with E-state index in [2.05, 4.69) is 13.8 Å². The van der Waals surface area contributed by atoms with Gasteiger partial charge in [0, 0.05) is 11.0 Å². The summed E-state index contributed by atoms with van der Waals surface area (Å²) in [6.07, 6.45) is 12.8. The van der Waals surface area contributed by atoms with Gasteiger partial charge in [-0.1, -0.05) is 13.8 Å². The highest BCUT2D eigenvalue weighted by Crippen LogP contribution is 2.68. The zero-order valence-corrected chi connectivity index (χ0v) is 17.4. The summed E-state index contributed by atoms with van der Waals surface area (Å²) < 4.78 is 11.5. The van der Waals surface area contributed by atoms with Crippen molar-refractivity contribution in [3.05, 3.63) is 24.2 Å².